The molecular formula is C15H15ClINO. The number of hydrogen-bond donors (Lipinski definition) is 1. The van der Waals surface area contributed by atoms with Crippen LogP contribution in [0.1, 0.15) is 11.1 Å². The molecule has 2 rings (SSSR count). The van der Waals surface area contributed by atoms with Gasteiger partial charge in [0.15, 0.2) is 0 Å². The number of nitrogens with two attached hydrogens (primary N) is 1. The van der Waals surface area contributed by atoms with E-state index >= 15 is 0 Å². The standard InChI is InChI=1S/C15H15ClINO/c16-14-3-1-2-12(8-9-18)15(14)19-10-11-4-6-13(17)7-5-11/h1-7H,8-10,18H2. The Balaban J connectivity index is 2.12. The fourth-order valence-corrected chi connectivity index (χ4v) is 2.41. The highest BCUT2D eigenvalue weighted by Crippen LogP contribution is 2.29. The van der Waals surface area contributed by atoms with Crippen LogP contribution in [0.3, 0.4) is 0 Å². The van der Waals surface area contributed by atoms with Crippen LogP contribution in [-0.4, -0.2) is 6.54 Å². The van der Waals surface area contributed by atoms with Crippen LogP contribution in [0.5, 0.6) is 5.75 Å². The Morgan fingerprint density at radius 2 is 1.84 bits per heavy atom. The van der Waals surface area contributed by atoms with E-state index < -0.39 is 0 Å². The lowest BCUT2D eigenvalue weighted by atomic mass is 10.1. The molecule has 2 nitrogen and oxygen atoms in total. The minimum Gasteiger partial charge on any atom is -0.487 e. The molecule has 0 aliphatic carbocycles. The summed E-state index contributed by atoms with van der Waals surface area (Å²) in [6, 6.07) is 14.0. The van der Waals surface area contributed by atoms with E-state index in [1.807, 2.05) is 18.2 Å². The lowest BCUT2D eigenvalue weighted by Crippen LogP contribution is -2.06. The second-order valence-electron chi connectivity index (χ2n) is 4.18. The monoisotopic (exact) mass is 387 g/mol. The molecule has 0 bridgehead atoms. The summed E-state index contributed by atoms with van der Waals surface area (Å²) >= 11 is 8.47. The molecule has 0 aromatic heterocycles. The third-order valence-electron chi connectivity index (χ3n) is 2.76. The topological polar surface area (TPSA) is 35.2 Å². The number of halogens is 2. The van der Waals surface area contributed by atoms with Crippen molar-refractivity contribution in [2.45, 2.75) is 13.0 Å². The van der Waals surface area contributed by atoms with E-state index in [0.29, 0.717) is 18.2 Å². The van der Waals surface area contributed by atoms with E-state index in [9.17, 15) is 0 Å². The Morgan fingerprint density at radius 3 is 2.53 bits per heavy atom. The zero-order chi connectivity index (χ0) is 13.7. The molecule has 4 heteroatoms. The van der Waals surface area contributed by atoms with Crippen molar-refractivity contribution >= 4 is 34.2 Å². The third kappa shape index (κ3) is 4.09. The maximum absolute atomic E-state index is 6.19. The molecule has 2 N–H and O–H groups in total. The Bertz CT molecular complexity index is 542. The second kappa shape index (κ2) is 7.12. The molecule has 0 spiro atoms. The minimum absolute atomic E-state index is 0.512. The highest BCUT2D eigenvalue weighted by molar-refractivity contribution is 14.1. The highest BCUT2D eigenvalue weighted by atomic mass is 127. The predicted molar refractivity (Wildman–Crippen MR) is 87.7 cm³/mol. The lowest BCUT2D eigenvalue weighted by Gasteiger charge is -2.12. The van der Waals surface area contributed by atoms with Crippen molar-refractivity contribution in [3.8, 4) is 5.75 Å². The van der Waals surface area contributed by atoms with Crippen molar-refractivity contribution in [1.29, 1.82) is 0 Å². The van der Waals surface area contributed by atoms with Crippen molar-refractivity contribution in [2.75, 3.05) is 6.54 Å². The Morgan fingerprint density at radius 1 is 1.11 bits per heavy atom. The van der Waals surface area contributed by atoms with Gasteiger partial charge in [0.25, 0.3) is 0 Å². The first-order valence-corrected chi connectivity index (χ1v) is 7.51. The van der Waals surface area contributed by atoms with Crippen LogP contribution in [0, 0.1) is 3.57 Å². The SMILES string of the molecule is NCCc1cccc(Cl)c1OCc1ccc(I)cc1. The molecule has 0 saturated carbocycles. The summed E-state index contributed by atoms with van der Waals surface area (Å²) in [5.41, 5.74) is 7.78. The first-order valence-electron chi connectivity index (χ1n) is 6.05. The van der Waals surface area contributed by atoms with Gasteiger partial charge in [-0.05, 0) is 64.9 Å². The Labute approximate surface area is 132 Å². The molecular weight excluding hydrogens is 373 g/mol. The van der Waals surface area contributed by atoms with Crippen LogP contribution >= 0.6 is 34.2 Å². The van der Waals surface area contributed by atoms with Crippen LogP contribution in [0.2, 0.25) is 5.02 Å². The van der Waals surface area contributed by atoms with Gasteiger partial charge >= 0.3 is 0 Å². The average molecular weight is 388 g/mol. The van der Waals surface area contributed by atoms with Crippen LogP contribution in [0.15, 0.2) is 42.5 Å². The molecule has 0 unspecified atom stereocenters. The molecule has 0 fully saturated rings. The van der Waals surface area contributed by atoms with Gasteiger partial charge in [-0.3, -0.25) is 0 Å². The first kappa shape index (κ1) is 14.6. The fraction of sp³-hybridized carbons (Fsp3) is 0.200. The number of hydrogen-bond acceptors (Lipinski definition) is 2. The van der Waals surface area contributed by atoms with Crippen LogP contribution in [0.25, 0.3) is 0 Å². The van der Waals surface area contributed by atoms with E-state index in [-0.39, 0.29) is 0 Å². The van der Waals surface area contributed by atoms with E-state index in [4.69, 9.17) is 22.1 Å². The molecule has 0 amide bonds. The molecule has 2 aromatic rings. The zero-order valence-corrected chi connectivity index (χ0v) is 13.3. The van der Waals surface area contributed by atoms with E-state index in [1.165, 1.54) is 3.57 Å². The first-order chi connectivity index (χ1) is 9.20. The van der Waals surface area contributed by atoms with Gasteiger partial charge in [-0.15, -0.1) is 0 Å². The maximum atomic E-state index is 6.19. The van der Waals surface area contributed by atoms with Gasteiger partial charge in [0.05, 0.1) is 5.02 Å². The van der Waals surface area contributed by atoms with Gasteiger partial charge in [-0.2, -0.15) is 0 Å². The average Bonchev–Trinajstić information content (AvgIpc) is 2.40. The van der Waals surface area contributed by atoms with Gasteiger partial charge in [0, 0.05) is 3.57 Å². The summed E-state index contributed by atoms with van der Waals surface area (Å²) in [7, 11) is 0. The molecule has 0 atom stereocenters. The highest BCUT2D eigenvalue weighted by Gasteiger charge is 2.08. The van der Waals surface area contributed by atoms with Crippen molar-refractivity contribution in [3.63, 3.8) is 0 Å². The lowest BCUT2D eigenvalue weighted by molar-refractivity contribution is 0.303. The molecule has 100 valence electrons. The van der Waals surface area contributed by atoms with Gasteiger partial charge in [0.1, 0.15) is 12.4 Å². The summed E-state index contributed by atoms with van der Waals surface area (Å²) in [5, 5.41) is 0.636. The molecule has 0 heterocycles. The molecule has 0 saturated heterocycles. The van der Waals surface area contributed by atoms with Gasteiger partial charge in [-0.1, -0.05) is 35.9 Å². The number of benzene rings is 2. The quantitative estimate of drug-likeness (QED) is 0.786. The van der Waals surface area contributed by atoms with E-state index in [1.54, 1.807) is 0 Å². The second-order valence-corrected chi connectivity index (χ2v) is 5.83. The summed E-state index contributed by atoms with van der Waals surface area (Å²) < 4.78 is 7.07. The zero-order valence-electron chi connectivity index (χ0n) is 10.4. The Hall–Kier alpha value is -0.780. The summed E-state index contributed by atoms with van der Waals surface area (Å²) in [6.07, 6.45) is 0.766. The van der Waals surface area contributed by atoms with Gasteiger partial charge < -0.3 is 10.5 Å². The van der Waals surface area contributed by atoms with Gasteiger partial charge in [-0.25, -0.2) is 0 Å². The largest absolute Gasteiger partial charge is 0.487 e. The predicted octanol–water partition coefficient (Wildman–Crippen LogP) is 4.02. The maximum Gasteiger partial charge on any atom is 0.141 e. The van der Waals surface area contributed by atoms with E-state index in [0.717, 1.165) is 23.3 Å². The van der Waals surface area contributed by atoms with Crippen molar-refractivity contribution < 1.29 is 4.74 Å². The van der Waals surface area contributed by atoms with Crippen LogP contribution in [-0.2, 0) is 13.0 Å². The summed E-state index contributed by atoms with van der Waals surface area (Å²) in [4.78, 5) is 0. The van der Waals surface area contributed by atoms with Crippen molar-refractivity contribution in [1.82, 2.24) is 0 Å². The normalized spacial score (nSPS) is 10.5. The fourth-order valence-electron chi connectivity index (χ4n) is 1.80. The summed E-state index contributed by atoms with van der Waals surface area (Å²) in [5.74, 6) is 0.744. The molecule has 0 aliphatic rings. The van der Waals surface area contributed by atoms with Gasteiger partial charge in [0.2, 0.25) is 0 Å². The van der Waals surface area contributed by atoms with E-state index in [2.05, 4.69) is 46.9 Å². The van der Waals surface area contributed by atoms with Crippen molar-refractivity contribution in [2.24, 2.45) is 5.73 Å². The minimum atomic E-state index is 0.512. The molecule has 2 aromatic carbocycles. The summed E-state index contributed by atoms with van der Waals surface area (Å²) in [6.45, 7) is 1.10. The van der Waals surface area contributed by atoms with Crippen molar-refractivity contribution in [3.05, 3.63) is 62.2 Å². The third-order valence-corrected chi connectivity index (χ3v) is 3.78. The smallest absolute Gasteiger partial charge is 0.141 e. The molecule has 0 aliphatic heterocycles. The number of rotatable bonds is 5. The molecule has 0 radical (unpaired) electrons. The van der Waals surface area contributed by atoms with Crippen LogP contribution < -0.4 is 10.5 Å². The number of ether oxygens (including phenoxy) is 1. The Kier molecular flexibility index (Phi) is 5.48. The number of para-hydroxylation sites is 1. The van der Waals surface area contributed by atoms with Crippen LogP contribution in [0.4, 0.5) is 0 Å². The molecule has 19 heavy (non-hydrogen) atoms.